The molecule has 0 aliphatic carbocycles. The maximum atomic E-state index is 13.5. The van der Waals surface area contributed by atoms with Gasteiger partial charge in [0.05, 0.1) is 5.69 Å². The summed E-state index contributed by atoms with van der Waals surface area (Å²) in [5.74, 6) is 0.572. The molecule has 3 amide bonds. The highest BCUT2D eigenvalue weighted by molar-refractivity contribution is 6.12. The molecule has 1 atom stereocenters. The van der Waals surface area contributed by atoms with Crippen LogP contribution in [0.5, 0.6) is 0 Å². The van der Waals surface area contributed by atoms with E-state index in [0.29, 0.717) is 44.0 Å². The van der Waals surface area contributed by atoms with E-state index in [1.165, 1.54) is 0 Å². The number of Topliss-reactive ketones (excluding diaryl/α,β-unsaturated/α-hetero) is 1. The summed E-state index contributed by atoms with van der Waals surface area (Å²) in [4.78, 5) is 46.6. The number of benzene rings is 2. The normalized spacial score (nSPS) is 18.4. The number of fused-ring (bicyclic) bond motifs is 1. The third-order valence-corrected chi connectivity index (χ3v) is 5.80. The van der Waals surface area contributed by atoms with E-state index in [2.05, 4.69) is 10.6 Å². The zero-order valence-electron chi connectivity index (χ0n) is 19.0. The second-order valence-electron chi connectivity index (χ2n) is 8.36. The van der Waals surface area contributed by atoms with Gasteiger partial charge in [0, 0.05) is 43.7 Å². The molecule has 0 bridgehead atoms. The first-order valence-corrected chi connectivity index (χ1v) is 11.4. The Hall–Kier alpha value is -3.68. The van der Waals surface area contributed by atoms with Crippen LogP contribution < -0.4 is 15.5 Å². The topological polar surface area (TPSA) is 94.1 Å². The lowest BCUT2D eigenvalue weighted by atomic mass is 10.1. The Bertz CT molecular complexity index is 1090. The Morgan fingerprint density at radius 3 is 2.58 bits per heavy atom. The van der Waals surface area contributed by atoms with Crippen LogP contribution in [0, 0.1) is 6.92 Å². The molecule has 2 aliphatic rings. The van der Waals surface area contributed by atoms with Crippen LogP contribution in [0.25, 0.3) is 0 Å². The number of aliphatic imine (C=N–C) groups is 1. The molecule has 2 N–H and O–H groups in total. The summed E-state index contributed by atoms with van der Waals surface area (Å²) in [6.45, 7) is 5.53. The Kier molecular flexibility index (Phi) is 6.72. The van der Waals surface area contributed by atoms with Crippen molar-refractivity contribution in [2.24, 2.45) is 4.99 Å². The van der Waals surface area contributed by atoms with Crippen molar-refractivity contribution in [1.29, 1.82) is 0 Å². The molecule has 172 valence electrons. The number of hydrogen-bond acceptors (Lipinski definition) is 5. The Labute approximate surface area is 193 Å². The average Bonchev–Trinajstić information content (AvgIpc) is 2.91. The van der Waals surface area contributed by atoms with E-state index in [1.807, 2.05) is 61.2 Å². The number of ketones is 1. The van der Waals surface area contributed by atoms with Gasteiger partial charge in [0.2, 0.25) is 6.17 Å². The SMILES string of the molecule is CCCN1C(=O)[C@H](NC(=O)Nc2cccc(C)c2)N=C(N2CCC(=O)CC2)c2ccccc21. The minimum Gasteiger partial charge on any atom is -0.355 e. The van der Waals surface area contributed by atoms with E-state index in [9.17, 15) is 14.4 Å². The number of nitrogens with zero attached hydrogens (tertiary/aromatic N) is 3. The number of benzodiazepines with no additional fused rings is 1. The minimum absolute atomic E-state index is 0.227. The monoisotopic (exact) mass is 447 g/mol. The van der Waals surface area contributed by atoms with E-state index in [1.54, 1.807) is 11.0 Å². The molecule has 0 spiro atoms. The molecule has 0 aromatic heterocycles. The van der Waals surface area contributed by atoms with Crippen LogP contribution in [0.15, 0.2) is 53.5 Å². The Morgan fingerprint density at radius 2 is 1.85 bits per heavy atom. The highest BCUT2D eigenvalue weighted by atomic mass is 16.2. The van der Waals surface area contributed by atoms with Crippen LogP contribution in [0.4, 0.5) is 16.2 Å². The van der Waals surface area contributed by atoms with E-state index in [0.717, 1.165) is 23.2 Å². The van der Waals surface area contributed by atoms with Gasteiger partial charge in [-0.2, -0.15) is 0 Å². The number of anilines is 2. The molecular weight excluding hydrogens is 418 g/mol. The molecule has 2 aromatic carbocycles. The number of para-hydroxylation sites is 1. The van der Waals surface area contributed by atoms with Gasteiger partial charge >= 0.3 is 6.03 Å². The second-order valence-corrected chi connectivity index (χ2v) is 8.36. The smallest absolute Gasteiger partial charge is 0.321 e. The molecule has 8 heteroatoms. The second kappa shape index (κ2) is 9.85. The van der Waals surface area contributed by atoms with Crippen molar-refractivity contribution in [2.45, 2.75) is 39.3 Å². The molecular formula is C25H29N5O3. The van der Waals surface area contributed by atoms with Crippen LogP contribution in [0.2, 0.25) is 0 Å². The predicted octanol–water partition coefficient (Wildman–Crippen LogP) is 3.31. The van der Waals surface area contributed by atoms with Crippen LogP contribution in [0.3, 0.4) is 0 Å². The highest BCUT2D eigenvalue weighted by Gasteiger charge is 2.34. The fourth-order valence-electron chi connectivity index (χ4n) is 4.19. The summed E-state index contributed by atoms with van der Waals surface area (Å²) in [6, 6.07) is 14.6. The lowest BCUT2D eigenvalue weighted by molar-refractivity contribution is -0.121. The fourth-order valence-corrected chi connectivity index (χ4v) is 4.19. The number of urea groups is 1. The maximum absolute atomic E-state index is 13.5. The van der Waals surface area contributed by atoms with Crippen molar-refractivity contribution in [3.8, 4) is 0 Å². The molecule has 4 rings (SSSR count). The molecule has 33 heavy (non-hydrogen) atoms. The highest BCUT2D eigenvalue weighted by Crippen LogP contribution is 2.28. The summed E-state index contributed by atoms with van der Waals surface area (Å²) < 4.78 is 0. The van der Waals surface area contributed by atoms with E-state index >= 15 is 0 Å². The molecule has 0 unspecified atom stereocenters. The zero-order chi connectivity index (χ0) is 23.4. The number of aryl methyl sites for hydroxylation is 1. The molecule has 1 saturated heterocycles. The molecule has 2 aliphatic heterocycles. The van der Waals surface area contributed by atoms with Crippen molar-refractivity contribution in [2.75, 3.05) is 29.9 Å². The lowest BCUT2D eigenvalue weighted by Gasteiger charge is -2.30. The summed E-state index contributed by atoms with van der Waals surface area (Å²) in [7, 11) is 0. The quantitative estimate of drug-likeness (QED) is 0.752. The Morgan fingerprint density at radius 1 is 1.09 bits per heavy atom. The molecule has 0 saturated carbocycles. The third-order valence-electron chi connectivity index (χ3n) is 5.80. The standard InChI is InChI=1S/C25H29N5O3/c1-3-13-30-21-10-5-4-9-20(21)23(29-14-11-19(31)12-15-29)27-22(24(30)32)28-25(33)26-18-8-6-7-17(2)16-18/h4-10,16,22H,3,11-15H2,1-2H3,(H2,26,28,33)/t22-/m0/s1. The Balaban J connectivity index is 1.67. The number of nitrogens with one attached hydrogen (secondary N) is 2. The summed E-state index contributed by atoms with van der Waals surface area (Å²) >= 11 is 0. The number of amides is 3. The maximum Gasteiger partial charge on any atom is 0.321 e. The minimum atomic E-state index is -1.08. The van der Waals surface area contributed by atoms with Gasteiger partial charge in [-0.05, 0) is 43.2 Å². The summed E-state index contributed by atoms with van der Waals surface area (Å²) in [5, 5.41) is 5.55. The first kappa shape index (κ1) is 22.5. The third kappa shape index (κ3) is 5.05. The van der Waals surface area contributed by atoms with Crippen molar-refractivity contribution in [3.05, 3.63) is 59.7 Å². The zero-order valence-corrected chi connectivity index (χ0v) is 19.0. The number of amidine groups is 1. The first-order chi connectivity index (χ1) is 16.0. The summed E-state index contributed by atoms with van der Waals surface area (Å²) in [5.41, 5.74) is 3.25. The number of carbonyl (C=O) groups excluding carboxylic acids is 3. The lowest BCUT2D eigenvalue weighted by Crippen LogP contribution is -2.49. The van der Waals surface area contributed by atoms with Crippen LogP contribution in [0.1, 0.15) is 37.3 Å². The van der Waals surface area contributed by atoms with Gasteiger partial charge in [-0.15, -0.1) is 0 Å². The van der Waals surface area contributed by atoms with Gasteiger partial charge < -0.3 is 20.4 Å². The van der Waals surface area contributed by atoms with Crippen LogP contribution >= 0.6 is 0 Å². The largest absolute Gasteiger partial charge is 0.355 e. The first-order valence-electron chi connectivity index (χ1n) is 11.4. The van der Waals surface area contributed by atoms with Crippen LogP contribution in [-0.2, 0) is 9.59 Å². The van der Waals surface area contributed by atoms with Gasteiger partial charge in [-0.3, -0.25) is 9.59 Å². The van der Waals surface area contributed by atoms with E-state index in [4.69, 9.17) is 4.99 Å². The summed E-state index contributed by atoms with van der Waals surface area (Å²) in [6.07, 6.45) is 0.566. The fraction of sp³-hybridized carbons (Fsp3) is 0.360. The van der Waals surface area contributed by atoms with Gasteiger partial charge in [0.1, 0.15) is 11.6 Å². The number of piperidine rings is 1. The van der Waals surface area contributed by atoms with Crippen LogP contribution in [-0.4, -0.2) is 54.3 Å². The van der Waals surface area contributed by atoms with Crippen molar-refractivity contribution >= 4 is 34.9 Å². The van der Waals surface area contributed by atoms with Crippen molar-refractivity contribution in [3.63, 3.8) is 0 Å². The van der Waals surface area contributed by atoms with Gasteiger partial charge in [-0.1, -0.05) is 31.2 Å². The van der Waals surface area contributed by atoms with E-state index in [-0.39, 0.29) is 11.7 Å². The number of rotatable bonds is 4. The van der Waals surface area contributed by atoms with Gasteiger partial charge in [0.15, 0.2) is 0 Å². The van der Waals surface area contributed by atoms with Gasteiger partial charge in [0.25, 0.3) is 5.91 Å². The van der Waals surface area contributed by atoms with Gasteiger partial charge in [-0.25, -0.2) is 9.79 Å². The number of hydrogen-bond donors (Lipinski definition) is 2. The molecule has 2 aromatic rings. The molecule has 8 nitrogen and oxygen atoms in total. The van der Waals surface area contributed by atoms with E-state index < -0.39 is 12.2 Å². The molecule has 2 heterocycles. The average molecular weight is 448 g/mol. The predicted molar refractivity (Wildman–Crippen MR) is 129 cm³/mol. The van der Waals surface area contributed by atoms with Crippen molar-refractivity contribution < 1.29 is 14.4 Å². The number of carbonyl (C=O) groups is 3. The molecule has 1 fully saturated rings. The van der Waals surface area contributed by atoms with Crippen molar-refractivity contribution in [1.82, 2.24) is 10.2 Å². The number of likely N-dealkylation sites (tertiary alicyclic amines) is 1. The molecule has 0 radical (unpaired) electrons.